The zero-order valence-corrected chi connectivity index (χ0v) is 15.3. The Bertz CT molecular complexity index is 550. The second kappa shape index (κ2) is 6.52. The number of nitrogens with two attached hydrogens (primary N) is 1. The van der Waals surface area contributed by atoms with Crippen LogP contribution in [-0.2, 0) is 4.79 Å². The van der Waals surface area contributed by atoms with E-state index in [1.165, 1.54) is 0 Å². The standard InChI is InChI=1S/C19H30N2O2/c1-13-8-7-9-16(10-13)23-14(2)17(22)20-15-11-18(3,4)21-19(5,6)12-15/h7-10,14-15,21H,11-12H2,1-6H3,(H,20,22)/p+1/t14-/m0/s1. The lowest BCUT2D eigenvalue weighted by atomic mass is 9.79. The third-order valence-electron chi connectivity index (χ3n) is 4.34. The van der Waals surface area contributed by atoms with Gasteiger partial charge in [0.25, 0.3) is 5.91 Å². The summed E-state index contributed by atoms with van der Waals surface area (Å²) in [6.45, 7) is 12.8. The topological polar surface area (TPSA) is 54.9 Å². The molecule has 1 aromatic rings. The minimum absolute atomic E-state index is 0.0370. The zero-order valence-electron chi connectivity index (χ0n) is 15.3. The smallest absolute Gasteiger partial charge is 0.261 e. The zero-order chi connectivity index (χ0) is 17.3. The van der Waals surface area contributed by atoms with Crippen LogP contribution in [0, 0.1) is 6.92 Å². The van der Waals surface area contributed by atoms with Gasteiger partial charge in [-0.15, -0.1) is 0 Å². The quantitative estimate of drug-likeness (QED) is 0.893. The molecule has 2 rings (SSSR count). The molecule has 1 aliphatic rings. The van der Waals surface area contributed by atoms with Gasteiger partial charge in [-0.2, -0.15) is 0 Å². The van der Waals surface area contributed by atoms with Crippen molar-refractivity contribution in [3.05, 3.63) is 29.8 Å². The number of hydrogen-bond donors (Lipinski definition) is 2. The molecule has 0 spiro atoms. The average molecular weight is 319 g/mol. The molecule has 23 heavy (non-hydrogen) atoms. The number of hydrogen-bond acceptors (Lipinski definition) is 2. The number of rotatable bonds is 4. The number of carbonyl (C=O) groups excluding carboxylic acids is 1. The molecule has 0 radical (unpaired) electrons. The molecule has 1 saturated heterocycles. The molecule has 3 N–H and O–H groups in total. The molecular formula is C19H31N2O2+. The average Bonchev–Trinajstić information content (AvgIpc) is 2.34. The van der Waals surface area contributed by atoms with Crippen LogP contribution in [0.25, 0.3) is 0 Å². The van der Waals surface area contributed by atoms with Crippen LogP contribution < -0.4 is 15.4 Å². The largest absolute Gasteiger partial charge is 0.481 e. The fourth-order valence-corrected chi connectivity index (χ4v) is 3.88. The lowest BCUT2D eigenvalue weighted by molar-refractivity contribution is -0.787. The number of carbonyl (C=O) groups is 1. The summed E-state index contributed by atoms with van der Waals surface area (Å²) in [5.41, 5.74) is 1.40. The second-order valence-electron chi connectivity index (χ2n) is 8.31. The lowest BCUT2D eigenvalue weighted by Crippen LogP contribution is -3.06. The Morgan fingerprint density at radius 1 is 1.26 bits per heavy atom. The highest BCUT2D eigenvalue weighted by molar-refractivity contribution is 5.81. The van der Waals surface area contributed by atoms with Gasteiger partial charge < -0.3 is 15.4 Å². The van der Waals surface area contributed by atoms with E-state index in [0.29, 0.717) is 0 Å². The summed E-state index contributed by atoms with van der Waals surface area (Å²) in [4.78, 5) is 12.5. The summed E-state index contributed by atoms with van der Waals surface area (Å²) in [6.07, 6.45) is 1.45. The van der Waals surface area contributed by atoms with Crippen molar-refractivity contribution in [1.29, 1.82) is 0 Å². The van der Waals surface area contributed by atoms with Gasteiger partial charge in [-0.1, -0.05) is 12.1 Å². The van der Waals surface area contributed by atoms with E-state index in [1.807, 2.05) is 38.1 Å². The maximum absolute atomic E-state index is 12.5. The van der Waals surface area contributed by atoms with Crippen molar-refractivity contribution < 1.29 is 14.8 Å². The van der Waals surface area contributed by atoms with Crippen molar-refractivity contribution in [1.82, 2.24) is 5.32 Å². The van der Waals surface area contributed by atoms with Crippen LogP contribution in [0.4, 0.5) is 0 Å². The van der Waals surface area contributed by atoms with Crippen molar-refractivity contribution in [3.8, 4) is 5.75 Å². The van der Waals surface area contributed by atoms with E-state index in [1.54, 1.807) is 0 Å². The molecule has 0 unspecified atom stereocenters. The Kier molecular flexibility index (Phi) is 5.04. The Morgan fingerprint density at radius 2 is 1.87 bits per heavy atom. The highest BCUT2D eigenvalue weighted by Crippen LogP contribution is 2.22. The minimum Gasteiger partial charge on any atom is -0.481 e. The second-order valence-corrected chi connectivity index (χ2v) is 8.31. The van der Waals surface area contributed by atoms with Gasteiger partial charge in [0.15, 0.2) is 6.10 Å². The molecule has 0 saturated carbocycles. The van der Waals surface area contributed by atoms with E-state index in [4.69, 9.17) is 4.74 Å². The van der Waals surface area contributed by atoms with Crippen LogP contribution in [-0.4, -0.2) is 29.1 Å². The van der Waals surface area contributed by atoms with Crippen molar-refractivity contribution in [3.63, 3.8) is 0 Å². The van der Waals surface area contributed by atoms with Crippen LogP contribution in [0.15, 0.2) is 24.3 Å². The first-order valence-electron chi connectivity index (χ1n) is 8.47. The van der Waals surface area contributed by atoms with Crippen LogP contribution in [0.2, 0.25) is 0 Å². The van der Waals surface area contributed by atoms with Gasteiger partial charge in [0.1, 0.15) is 5.75 Å². The van der Waals surface area contributed by atoms with Crippen LogP contribution in [0.3, 0.4) is 0 Å². The molecule has 0 aliphatic carbocycles. The fourth-order valence-electron chi connectivity index (χ4n) is 3.88. The molecule has 1 fully saturated rings. The van der Waals surface area contributed by atoms with Gasteiger partial charge in [-0.25, -0.2) is 0 Å². The highest BCUT2D eigenvalue weighted by atomic mass is 16.5. The molecule has 1 aliphatic heterocycles. The normalized spacial score (nSPS) is 21.5. The van der Waals surface area contributed by atoms with E-state index in [0.717, 1.165) is 24.2 Å². The summed E-state index contributed by atoms with van der Waals surface area (Å²) >= 11 is 0. The van der Waals surface area contributed by atoms with Crippen LogP contribution in [0.1, 0.15) is 53.0 Å². The van der Waals surface area contributed by atoms with Crippen molar-refractivity contribution in [2.45, 2.75) is 77.6 Å². The van der Waals surface area contributed by atoms with Crippen LogP contribution >= 0.6 is 0 Å². The van der Waals surface area contributed by atoms with Gasteiger partial charge in [0, 0.05) is 18.9 Å². The molecule has 128 valence electrons. The summed E-state index contributed by atoms with van der Waals surface area (Å²) in [5, 5.41) is 5.59. The molecule has 1 amide bonds. The first-order chi connectivity index (χ1) is 10.6. The third kappa shape index (κ3) is 5.24. The van der Waals surface area contributed by atoms with Gasteiger partial charge in [-0.05, 0) is 59.2 Å². The first kappa shape index (κ1) is 17.8. The molecular weight excluding hydrogens is 288 g/mol. The lowest BCUT2D eigenvalue weighted by Gasteiger charge is -2.43. The number of nitrogens with one attached hydrogen (secondary N) is 1. The Hall–Kier alpha value is -1.55. The maximum atomic E-state index is 12.5. The Balaban J connectivity index is 1.95. The highest BCUT2D eigenvalue weighted by Gasteiger charge is 2.42. The number of piperidine rings is 1. The molecule has 0 aromatic heterocycles. The van der Waals surface area contributed by atoms with Gasteiger partial charge in [0.2, 0.25) is 0 Å². The van der Waals surface area contributed by atoms with Crippen molar-refractivity contribution in [2.75, 3.05) is 0 Å². The predicted molar refractivity (Wildman–Crippen MR) is 92.5 cm³/mol. The number of ether oxygens (including phenoxy) is 1. The monoisotopic (exact) mass is 319 g/mol. The number of amides is 1. The van der Waals surface area contributed by atoms with E-state index in [2.05, 4.69) is 38.3 Å². The SMILES string of the molecule is Cc1cccc(O[C@@H](C)C(=O)NC2CC(C)(C)[NH2+]C(C)(C)C2)c1. The third-order valence-corrected chi connectivity index (χ3v) is 4.34. The molecule has 1 heterocycles. The summed E-state index contributed by atoms with van der Waals surface area (Å²) in [7, 11) is 0. The van der Waals surface area contributed by atoms with Gasteiger partial charge in [0.05, 0.1) is 11.1 Å². The van der Waals surface area contributed by atoms with Gasteiger partial charge in [-0.3, -0.25) is 4.79 Å². The number of quaternary nitrogens is 1. The number of aryl methyl sites for hydroxylation is 1. The summed E-state index contributed by atoms with van der Waals surface area (Å²) in [6, 6.07) is 7.99. The number of benzene rings is 1. The predicted octanol–water partition coefficient (Wildman–Crippen LogP) is 2.16. The Labute approximate surface area is 140 Å². The van der Waals surface area contributed by atoms with Crippen molar-refractivity contribution in [2.24, 2.45) is 0 Å². The molecule has 0 bridgehead atoms. The fraction of sp³-hybridized carbons (Fsp3) is 0.632. The molecule has 1 atom stereocenters. The van der Waals surface area contributed by atoms with E-state index in [-0.39, 0.29) is 23.0 Å². The van der Waals surface area contributed by atoms with Crippen molar-refractivity contribution >= 4 is 5.91 Å². The van der Waals surface area contributed by atoms with E-state index >= 15 is 0 Å². The Morgan fingerprint density at radius 3 is 2.43 bits per heavy atom. The maximum Gasteiger partial charge on any atom is 0.261 e. The first-order valence-corrected chi connectivity index (χ1v) is 8.47. The molecule has 1 aromatic carbocycles. The van der Waals surface area contributed by atoms with E-state index < -0.39 is 6.10 Å². The minimum atomic E-state index is -0.492. The molecule has 4 nitrogen and oxygen atoms in total. The van der Waals surface area contributed by atoms with Gasteiger partial charge >= 0.3 is 0 Å². The van der Waals surface area contributed by atoms with E-state index in [9.17, 15) is 4.79 Å². The summed E-state index contributed by atoms with van der Waals surface area (Å²) < 4.78 is 5.78. The summed E-state index contributed by atoms with van der Waals surface area (Å²) in [5.74, 6) is 0.704. The molecule has 4 heteroatoms. The van der Waals surface area contributed by atoms with Crippen LogP contribution in [0.5, 0.6) is 5.75 Å².